The number of rotatable bonds is 3. The molecule has 0 unspecified atom stereocenters. The van der Waals surface area contributed by atoms with Gasteiger partial charge in [-0.3, -0.25) is 4.79 Å². The molecular weight excluding hydrogens is 230 g/mol. The molecule has 0 radical (unpaired) electrons. The van der Waals surface area contributed by atoms with Gasteiger partial charge in [-0.25, -0.2) is 4.68 Å². The zero-order valence-electron chi connectivity index (χ0n) is 10.6. The maximum Gasteiger partial charge on any atom is 0.273 e. The van der Waals surface area contributed by atoms with Crippen LogP contribution < -0.4 is 10.6 Å². The standard InChI is InChI=1S/C12H19N5O/c1-12(4-2-3-5-12)14-11(18)10-8-17(16-15-10)9-6-13-7-9/h8-9,13H,2-7H2,1H3,(H,14,18). The molecule has 1 aromatic rings. The summed E-state index contributed by atoms with van der Waals surface area (Å²) < 4.78 is 1.78. The Morgan fingerprint density at radius 2 is 2.22 bits per heavy atom. The van der Waals surface area contributed by atoms with Crippen LogP contribution >= 0.6 is 0 Å². The van der Waals surface area contributed by atoms with Gasteiger partial charge in [-0.15, -0.1) is 5.10 Å². The van der Waals surface area contributed by atoms with E-state index in [1.165, 1.54) is 12.8 Å². The number of nitrogens with one attached hydrogen (secondary N) is 2. The SMILES string of the molecule is CC1(NC(=O)c2cn(C3CNC3)nn2)CCCC1. The lowest BCUT2D eigenvalue weighted by molar-refractivity contribution is 0.0903. The fraction of sp³-hybridized carbons (Fsp3) is 0.750. The Labute approximate surface area is 106 Å². The Kier molecular flexibility index (Phi) is 2.81. The van der Waals surface area contributed by atoms with Crippen molar-refractivity contribution >= 4 is 5.91 Å². The van der Waals surface area contributed by atoms with Gasteiger partial charge in [-0.05, 0) is 19.8 Å². The van der Waals surface area contributed by atoms with Crippen molar-refractivity contribution in [2.75, 3.05) is 13.1 Å². The highest BCUT2D eigenvalue weighted by Gasteiger charge is 2.31. The second kappa shape index (κ2) is 4.35. The Morgan fingerprint density at radius 1 is 1.50 bits per heavy atom. The molecular formula is C12H19N5O. The first-order valence-corrected chi connectivity index (χ1v) is 6.61. The maximum atomic E-state index is 12.1. The monoisotopic (exact) mass is 249 g/mol. The Balaban J connectivity index is 1.66. The molecule has 3 rings (SSSR count). The lowest BCUT2D eigenvalue weighted by atomic mass is 10.0. The van der Waals surface area contributed by atoms with Crippen molar-refractivity contribution in [3.05, 3.63) is 11.9 Å². The highest BCUT2D eigenvalue weighted by molar-refractivity contribution is 5.92. The quantitative estimate of drug-likeness (QED) is 0.817. The molecule has 6 heteroatoms. The second-order valence-electron chi connectivity index (χ2n) is 5.62. The van der Waals surface area contributed by atoms with Crippen molar-refractivity contribution in [3.8, 4) is 0 Å². The molecule has 2 heterocycles. The number of amides is 1. The van der Waals surface area contributed by atoms with Gasteiger partial charge in [0.1, 0.15) is 0 Å². The number of carbonyl (C=O) groups excluding carboxylic acids is 1. The van der Waals surface area contributed by atoms with Crippen LogP contribution in [0, 0.1) is 0 Å². The minimum absolute atomic E-state index is 0.0567. The van der Waals surface area contributed by atoms with E-state index in [-0.39, 0.29) is 11.4 Å². The summed E-state index contributed by atoms with van der Waals surface area (Å²) in [7, 11) is 0. The van der Waals surface area contributed by atoms with Crippen LogP contribution in [0.15, 0.2) is 6.20 Å². The van der Waals surface area contributed by atoms with E-state index < -0.39 is 0 Å². The molecule has 2 fully saturated rings. The minimum Gasteiger partial charge on any atom is -0.345 e. The molecule has 2 N–H and O–H groups in total. The van der Waals surface area contributed by atoms with E-state index in [1.54, 1.807) is 10.9 Å². The van der Waals surface area contributed by atoms with Gasteiger partial charge < -0.3 is 10.6 Å². The lowest BCUT2D eigenvalue weighted by Crippen LogP contribution is -2.44. The van der Waals surface area contributed by atoms with E-state index in [0.29, 0.717) is 11.7 Å². The van der Waals surface area contributed by atoms with Crippen molar-refractivity contribution in [2.24, 2.45) is 0 Å². The minimum atomic E-state index is -0.0991. The lowest BCUT2D eigenvalue weighted by Gasteiger charge is -2.26. The Hall–Kier alpha value is -1.43. The third-order valence-corrected chi connectivity index (χ3v) is 4.00. The van der Waals surface area contributed by atoms with Gasteiger partial charge in [-0.2, -0.15) is 0 Å². The number of hydrogen-bond donors (Lipinski definition) is 2. The van der Waals surface area contributed by atoms with Gasteiger partial charge in [-0.1, -0.05) is 18.1 Å². The van der Waals surface area contributed by atoms with Crippen molar-refractivity contribution < 1.29 is 4.79 Å². The molecule has 18 heavy (non-hydrogen) atoms. The average molecular weight is 249 g/mol. The van der Waals surface area contributed by atoms with E-state index in [0.717, 1.165) is 25.9 Å². The third-order valence-electron chi connectivity index (χ3n) is 4.00. The summed E-state index contributed by atoms with van der Waals surface area (Å²) in [6.07, 6.45) is 6.24. The first kappa shape index (κ1) is 11.6. The second-order valence-corrected chi connectivity index (χ2v) is 5.62. The molecule has 98 valence electrons. The van der Waals surface area contributed by atoms with Gasteiger partial charge in [0, 0.05) is 18.6 Å². The molecule has 1 aromatic heterocycles. The van der Waals surface area contributed by atoms with Crippen LogP contribution in [0.2, 0.25) is 0 Å². The first-order chi connectivity index (χ1) is 8.66. The van der Waals surface area contributed by atoms with E-state index in [2.05, 4.69) is 27.9 Å². The van der Waals surface area contributed by atoms with Crippen LogP contribution in [0.4, 0.5) is 0 Å². The van der Waals surface area contributed by atoms with E-state index >= 15 is 0 Å². The van der Waals surface area contributed by atoms with Crippen LogP contribution in [0.5, 0.6) is 0 Å². The zero-order valence-corrected chi connectivity index (χ0v) is 10.6. The van der Waals surface area contributed by atoms with Gasteiger partial charge in [0.25, 0.3) is 5.91 Å². The highest BCUT2D eigenvalue weighted by atomic mass is 16.2. The van der Waals surface area contributed by atoms with Crippen molar-refractivity contribution in [1.82, 2.24) is 25.6 Å². The van der Waals surface area contributed by atoms with Crippen molar-refractivity contribution in [3.63, 3.8) is 0 Å². The summed E-state index contributed by atoms with van der Waals surface area (Å²) in [6.45, 7) is 3.92. The molecule has 6 nitrogen and oxygen atoms in total. The summed E-state index contributed by atoms with van der Waals surface area (Å²) in [5.74, 6) is -0.0991. The zero-order chi connectivity index (χ0) is 12.6. The number of nitrogens with zero attached hydrogens (tertiary/aromatic N) is 3. The normalized spacial score (nSPS) is 22.7. The molecule has 0 bridgehead atoms. The van der Waals surface area contributed by atoms with Crippen molar-refractivity contribution in [1.29, 1.82) is 0 Å². The summed E-state index contributed by atoms with van der Waals surface area (Å²) in [6, 6.07) is 0.348. The summed E-state index contributed by atoms with van der Waals surface area (Å²) in [5.41, 5.74) is 0.369. The fourth-order valence-electron chi connectivity index (χ4n) is 2.64. The number of aromatic nitrogens is 3. The van der Waals surface area contributed by atoms with E-state index in [9.17, 15) is 4.79 Å². The molecule has 0 aromatic carbocycles. The predicted octanol–water partition coefficient (Wildman–Crippen LogP) is 0.485. The smallest absolute Gasteiger partial charge is 0.273 e. The summed E-state index contributed by atoms with van der Waals surface area (Å²) in [5, 5.41) is 14.3. The Bertz CT molecular complexity index is 445. The highest BCUT2D eigenvalue weighted by Crippen LogP contribution is 2.29. The van der Waals surface area contributed by atoms with Crippen LogP contribution in [-0.4, -0.2) is 39.5 Å². The third kappa shape index (κ3) is 2.12. The van der Waals surface area contributed by atoms with Crippen molar-refractivity contribution in [2.45, 2.75) is 44.2 Å². The van der Waals surface area contributed by atoms with E-state index in [1.807, 2.05) is 0 Å². The molecule has 2 aliphatic rings. The largest absolute Gasteiger partial charge is 0.345 e. The van der Waals surface area contributed by atoms with Crippen LogP contribution in [0.1, 0.15) is 49.1 Å². The first-order valence-electron chi connectivity index (χ1n) is 6.61. The van der Waals surface area contributed by atoms with Crippen LogP contribution in [0.25, 0.3) is 0 Å². The molecule has 0 spiro atoms. The molecule has 1 saturated carbocycles. The van der Waals surface area contributed by atoms with Crippen LogP contribution in [0.3, 0.4) is 0 Å². The summed E-state index contributed by atoms with van der Waals surface area (Å²) in [4.78, 5) is 12.1. The molecule has 0 atom stereocenters. The van der Waals surface area contributed by atoms with Gasteiger partial charge in [0.2, 0.25) is 0 Å². The molecule has 1 saturated heterocycles. The number of carbonyl (C=O) groups is 1. The van der Waals surface area contributed by atoms with Gasteiger partial charge >= 0.3 is 0 Å². The fourth-order valence-corrected chi connectivity index (χ4v) is 2.64. The Morgan fingerprint density at radius 3 is 2.83 bits per heavy atom. The molecule has 1 amide bonds. The molecule has 1 aliphatic carbocycles. The number of hydrogen-bond acceptors (Lipinski definition) is 4. The maximum absolute atomic E-state index is 12.1. The molecule has 1 aliphatic heterocycles. The van der Waals surface area contributed by atoms with Crippen LogP contribution in [-0.2, 0) is 0 Å². The topological polar surface area (TPSA) is 71.8 Å². The summed E-state index contributed by atoms with van der Waals surface area (Å²) >= 11 is 0. The van der Waals surface area contributed by atoms with Gasteiger partial charge in [0.15, 0.2) is 5.69 Å². The van der Waals surface area contributed by atoms with Gasteiger partial charge in [0.05, 0.1) is 12.2 Å². The van der Waals surface area contributed by atoms with E-state index in [4.69, 9.17) is 0 Å². The predicted molar refractivity (Wildman–Crippen MR) is 66.3 cm³/mol. The average Bonchev–Trinajstić information content (AvgIpc) is 2.85.